The average molecular weight is 393 g/mol. The number of nitrogens with zero attached hydrogens (tertiary/aromatic N) is 3. The molecule has 7 heteroatoms. The molecule has 0 bridgehead atoms. The maximum atomic E-state index is 5.06. The molecule has 1 saturated carbocycles. The van der Waals surface area contributed by atoms with E-state index in [1.807, 2.05) is 6.92 Å². The predicted octanol–water partition coefficient (Wildman–Crippen LogP) is 2.38. The molecular weight excluding hydrogens is 369 g/mol. The molecule has 1 heterocycles. The molecule has 0 spiro atoms. The van der Waals surface area contributed by atoms with Crippen molar-refractivity contribution in [2.45, 2.75) is 58.5 Å². The van der Waals surface area contributed by atoms with Gasteiger partial charge in [0, 0.05) is 12.6 Å². The predicted molar refractivity (Wildman–Crippen MR) is 89.3 cm³/mol. The van der Waals surface area contributed by atoms with Crippen LogP contribution < -0.4 is 10.6 Å². The fourth-order valence-electron chi connectivity index (χ4n) is 2.31. The molecule has 1 fully saturated rings. The van der Waals surface area contributed by atoms with Gasteiger partial charge in [-0.25, -0.2) is 4.99 Å². The Kier molecular flexibility index (Phi) is 7.86. The quantitative estimate of drug-likeness (QED) is 0.467. The second-order valence-corrected chi connectivity index (χ2v) is 4.91. The molecule has 1 aromatic rings. The molecule has 1 aliphatic rings. The molecule has 0 saturated heterocycles. The van der Waals surface area contributed by atoms with Crippen molar-refractivity contribution in [3.63, 3.8) is 0 Å². The van der Waals surface area contributed by atoms with E-state index >= 15 is 0 Å². The minimum absolute atomic E-state index is 0. The zero-order valence-corrected chi connectivity index (χ0v) is 14.5. The fraction of sp³-hybridized carbons (Fsp3) is 0.769. The minimum Gasteiger partial charge on any atom is -0.357 e. The van der Waals surface area contributed by atoms with Crippen molar-refractivity contribution in [2.75, 3.05) is 6.54 Å². The number of halogens is 1. The van der Waals surface area contributed by atoms with Crippen LogP contribution in [0, 0.1) is 6.92 Å². The Bertz CT molecular complexity index is 415. The third-order valence-corrected chi connectivity index (χ3v) is 3.23. The highest BCUT2D eigenvalue weighted by Crippen LogP contribution is 2.17. The summed E-state index contributed by atoms with van der Waals surface area (Å²) in [5, 5.41) is 10.5. The molecule has 20 heavy (non-hydrogen) atoms. The summed E-state index contributed by atoms with van der Waals surface area (Å²) in [6.07, 6.45) is 6.42. The summed E-state index contributed by atoms with van der Waals surface area (Å²) in [5.41, 5.74) is 0. The van der Waals surface area contributed by atoms with Crippen LogP contribution in [0.1, 0.15) is 50.7 Å². The summed E-state index contributed by atoms with van der Waals surface area (Å²) in [6.45, 7) is 5.14. The van der Waals surface area contributed by atoms with Crippen LogP contribution >= 0.6 is 24.0 Å². The number of aliphatic imine (C=N–C) groups is 1. The van der Waals surface area contributed by atoms with Crippen molar-refractivity contribution in [3.05, 3.63) is 11.7 Å². The third-order valence-electron chi connectivity index (χ3n) is 3.23. The highest BCUT2D eigenvalue weighted by molar-refractivity contribution is 14.0. The van der Waals surface area contributed by atoms with Gasteiger partial charge in [0.2, 0.25) is 5.89 Å². The van der Waals surface area contributed by atoms with Crippen molar-refractivity contribution < 1.29 is 4.52 Å². The van der Waals surface area contributed by atoms with E-state index in [-0.39, 0.29) is 24.0 Å². The number of hydrogen-bond donors (Lipinski definition) is 2. The first-order valence-corrected chi connectivity index (χ1v) is 7.12. The Morgan fingerprint density at radius 1 is 1.35 bits per heavy atom. The summed E-state index contributed by atoms with van der Waals surface area (Å²) in [6, 6.07) is 0.538. The number of nitrogens with one attached hydrogen (secondary N) is 2. The molecule has 2 N–H and O–H groups in total. The van der Waals surface area contributed by atoms with Crippen molar-refractivity contribution in [3.8, 4) is 0 Å². The molecule has 2 rings (SSSR count). The lowest BCUT2D eigenvalue weighted by atomic mass is 9.96. The molecule has 0 amide bonds. The molecule has 0 aliphatic heterocycles. The summed E-state index contributed by atoms with van der Waals surface area (Å²) in [4.78, 5) is 8.64. The van der Waals surface area contributed by atoms with E-state index in [1.54, 1.807) is 0 Å². The van der Waals surface area contributed by atoms with Crippen molar-refractivity contribution in [1.82, 2.24) is 20.8 Å². The van der Waals surface area contributed by atoms with Gasteiger partial charge in [-0.1, -0.05) is 24.4 Å². The van der Waals surface area contributed by atoms with Crippen LogP contribution in [0.2, 0.25) is 0 Å². The highest BCUT2D eigenvalue weighted by atomic mass is 127. The molecule has 0 aromatic carbocycles. The van der Waals surface area contributed by atoms with Gasteiger partial charge in [0.1, 0.15) is 6.54 Å². The second kappa shape index (κ2) is 9.15. The molecule has 0 radical (unpaired) electrons. The normalized spacial score (nSPS) is 16.6. The number of hydrogen-bond acceptors (Lipinski definition) is 4. The first kappa shape index (κ1) is 17.2. The summed E-state index contributed by atoms with van der Waals surface area (Å²) in [5.74, 6) is 2.04. The van der Waals surface area contributed by atoms with Crippen LogP contribution in [0.3, 0.4) is 0 Å². The highest BCUT2D eigenvalue weighted by Gasteiger charge is 2.14. The van der Waals surface area contributed by atoms with Gasteiger partial charge in [0.25, 0.3) is 0 Å². The van der Waals surface area contributed by atoms with Gasteiger partial charge in [-0.2, -0.15) is 4.98 Å². The number of aryl methyl sites for hydroxylation is 1. The van der Waals surface area contributed by atoms with E-state index in [1.165, 1.54) is 32.1 Å². The van der Waals surface area contributed by atoms with E-state index in [0.29, 0.717) is 24.3 Å². The monoisotopic (exact) mass is 393 g/mol. The lowest BCUT2D eigenvalue weighted by Crippen LogP contribution is -2.44. The Balaban J connectivity index is 0.00000200. The number of aromatic nitrogens is 2. The van der Waals surface area contributed by atoms with Gasteiger partial charge in [-0.15, -0.1) is 24.0 Å². The van der Waals surface area contributed by atoms with E-state index < -0.39 is 0 Å². The largest absolute Gasteiger partial charge is 0.357 e. The molecule has 0 atom stereocenters. The standard InChI is InChI=1S/C13H23N5O.HI/c1-3-14-13(17-11-7-5-4-6-8-11)15-9-12-16-10(2)18-19-12;/h11H,3-9H2,1-2H3,(H2,14,15,17);1H. The fourth-order valence-corrected chi connectivity index (χ4v) is 2.31. The van der Waals surface area contributed by atoms with E-state index in [2.05, 4.69) is 32.7 Å². The van der Waals surface area contributed by atoms with Crippen LogP contribution in [-0.2, 0) is 6.54 Å². The Labute approximate surface area is 137 Å². The Morgan fingerprint density at radius 3 is 2.70 bits per heavy atom. The van der Waals surface area contributed by atoms with Crippen molar-refractivity contribution >= 4 is 29.9 Å². The molecule has 114 valence electrons. The first-order valence-electron chi connectivity index (χ1n) is 7.12. The second-order valence-electron chi connectivity index (χ2n) is 4.91. The molecular formula is C13H24IN5O. The van der Waals surface area contributed by atoms with E-state index in [9.17, 15) is 0 Å². The van der Waals surface area contributed by atoms with Crippen LogP contribution in [0.25, 0.3) is 0 Å². The third kappa shape index (κ3) is 5.64. The maximum absolute atomic E-state index is 5.06. The van der Waals surface area contributed by atoms with Crippen molar-refractivity contribution in [1.29, 1.82) is 0 Å². The number of guanidine groups is 1. The summed E-state index contributed by atoms with van der Waals surface area (Å²) < 4.78 is 5.06. The smallest absolute Gasteiger partial charge is 0.248 e. The molecule has 6 nitrogen and oxygen atoms in total. The maximum Gasteiger partial charge on any atom is 0.248 e. The number of rotatable bonds is 4. The van der Waals surface area contributed by atoms with Gasteiger partial charge in [0.05, 0.1) is 0 Å². The minimum atomic E-state index is 0. The van der Waals surface area contributed by atoms with Crippen molar-refractivity contribution in [2.24, 2.45) is 4.99 Å². The van der Waals surface area contributed by atoms with Crippen LogP contribution in [-0.4, -0.2) is 28.7 Å². The van der Waals surface area contributed by atoms with Gasteiger partial charge >= 0.3 is 0 Å². The average Bonchev–Trinajstić information content (AvgIpc) is 2.83. The van der Waals surface area contributed by atoms with Crippen LogP contribution in [0.15, 0.2) is 9.52 Å². The SMILES string of the molecule is CCNC(=NCc1nc(C)no1)NC1CCCCC1.I. The van der Waals surface area contributed by atoms with Gasteiger partial charge in [-0.05, 0) is 26.7 Å². The van der Waals surface area contributed by atoms with Crippen LogP contribution in [0.4, 0.5) is 0 Å². The van der Waals surface area contributed by atoms with E-state index in [0.717, 1.165) is 12.5 Å². The zero-order valence-electron chi connectivity index (χ0n) is 12.2. The Morgan fingerprint density at radius 2 is 2.10 bits per heavy atom. The molecule has 1 aliphatic carbocycles. The topological polar surface area (TPSA) is 75.3 Å². The lowest BCUT2D eigenvalue weighted by molar-refractivity contribution is 0.375. The molecule has 1 aromatic heterocycles. The Hall–Kier alpha value is -0.860. The summed E-state index contributed by atoms with van der Waals surface area (Å²) in [7, 11) is 0. The van der Waals surface area contributed by atoms with Crippen LogP contribution in [0.5, 0.6) is 0 Å². The zero-order chi connectivity index (χ0) is 13.5. The first-order chi connectivity index (χ1) is 9.28. The van der Waals surface area contributed by atoms with Gasteiger partial charge in [-0.3, -0.25) is 0 Å². The van der Waals surface area contributed by atoms with Gasteiger partial charge in [0.15, 0.2) is 11.8 Å². The summed E-state index contributed by atoms with van der Waals surface area (Å²) >= 11 is 0. The van der Waals surface area contributed by atoms with E-state index in [4.69, 9.17) is 4.52 Å². The van der Waals surface area contributed by atoms with Gasteiger partial charge < -0.3 is 15.2 Å². The lowest BCUT2D eigenvalue weighted by Gasteiger charge is -2.24. The molecule has 0 unspecified atom stereocenters.